The molecule has 4 aliphatic heterocycles. The van der Waals surface area contributed by atoms with Crippen LogP contribution in [0.1, 0.15) is 109 Å². The van der Waals surface area contributed by atoms with Gasteiger partial charge in [0.1, 0.15) is 23.9 Å². The van der Waals surface area contributed by atoms with E-state index in [0.717, 1.165) is 75.7 Å². The zero-order chi connectivity index (χ0) is 49.6. The van der Waals surface area contributed by atoms with Crippen LogP contribution in [0.15, 0.2) is 35.0 Å². The van der Waals surface area contributed by atoms with Gasteiger partial charge in [-0.15, -0.1) is 0 Å². The Kier molecular flexibility index (Phi) is 14.5. The number of fused-ring (bicyclic) bond motifs is 16. The van der Waals surface area contributed by atoms with E-state index in [0.29, 0.717) is 29.5 Å². The van der Waals surface area contributed by atoms with Crippen molar-refractivity contribution in [3.05, 3.63) is 36.1 Å². The summed E-state index contributed by atoms with van der Waals surface area (Å²) in [6, 6.07) is 3.63. The summed E-state index contributed by atoms with van der Waals surface area (Å²) >= 11 is 0. The molecule has 9 aliphatic rings. The van der Waals surface area contributed by atoms with E-state index in [1.807, 2.05) is 27.7 Å². The first-order valence-corrected chi connectivity index (χ1v) is 31.4. The van der Waals surface area contributed by atoms with Gasteiger partial charge in [-0.05, 0) is 131 Å². The number of rotatable bonds is 5. The number of hydrogen-bond donors (Lipinski definition) is 8. The molecule has 8 N–H and O–H groups in total. The molecule has 0 amide bonds. The van der Waals surface area contributed by atoms with E-state index in [2.05, 4.69) is 12.2 Å². The number of esters is 1. The highest BCUT2D eigenvalue weighted by molar-refractivity contribution is 8.77. The monoisotopic (exact) mass is 1060 g/mol. The second kappa shape index (κ2) is 19.9. The Labute approximate surface area is 433 Å². The van der Waals surface area contributed by atoms with Gasteiger partial charge in [-0.2, -0.15) is 0 Å². The summed E-state index contributed by atoms with van der Waals surface area (Å²) in [6.07, 6.45) is 8.88. The zero-order valence-corrected chi connectivity index (χ0v) is 44.4. The fourth-order valence-corrected chi connectivity index (χ4v) is 23.1. The summed E-state index contributed by atoms with van der Waals surface area (Å²) in [4.78, 5) is 13.0. The SMILES string of the molecule is CCOC(=O)CCc1cc2ccoc2c2c1OC1OC3(CSSC45CC(CSSCC(CCC3O)C(C)CCC4NCCO2)C2(CCC3(CCCC3)C2O)C5)C2(O)CC3C=CC(O)C(CO)C3C1(O)C2O. The van der Waals surface area contributed by atoms with Crippen molar-refractivity contribution in [2.45, 2.75) is 168 Å². The minimum Gasteiger partial charge on any atom is -0.485 e. The Morgan fingerprint density at radius 3 is 2.56 bits per heavy atom. The largest absolute Gasteiger partial charge is 0.485 e. The lowest BCUT2D eigenvalue weighted by Crippen LogP contribution is -2.86. The number of aliphatic hydroxyl groups is 7. The molecule has 2 aromatic rings. The molecule has 4 saturated carbocycles. The van der Waals surface area contributed by atoms with Gasteiger partial charge in [0.25, 0.3) is 0 Å². The Balaban J connectivity index is 1.11. The van der Waals surface area contributed by atoms with Crippen LogP contribution in [0.25, 0.3) is 11.0 Å². The molecule has 8 bridgehead atoms. The minimum absolute atomic E-state index is 0.00806. The van der Waals surface area contributed by atoms with Gasteiger partial charge >= 0.3 is 5.97 Å². The topological polar surface area (TPSA) is 221 Å². The summed E-state index contributed by atoms with van der Waals surface area (Å²) in [6.45, 7) is 4.36. The predicted molar refractivity (Wildman–Crippen MR) is 276 cm³/mol. The van der Waals surface area contributed by atoms with Crippen LogP contribution in [0.5, 0.6) is 11.5 Å². The van der Waals surface area contributed by atoms with Crippen molar-refractivity contribution in [1.29, 1.82) is 0 Å². The molecule has 17 atom stereocenters. The molecule has 0 radical (unpaired) electrons. The van der Waals surface area contributed by atoms with E-state index in [1.54, 1.807) is 42.2 Å². The molecule has 394 valence electrons. The second-order valence-electron chi connectivity index (χ2n) is 23.2. The molecule has 14 nitrogen and oxygen atoms in total. The third-order valence-corrected chi connectivity index (χ3v) is 25.7. The van der Waals surface area contributed by atoms with Crippen molar-refractivity contribution in [2.24, 2.45) is 46.3 Å². The van der Waals surface area contributed by atoms with Crippen LogP contribution in [-0.2, 0) is 20.7 Å². The quantitative estimate of drug-likeness (QED) is 0.0902. The maximum atomic E-state index is 13.7. The van der Waals surface area contributed by atoms with E-state index in [1.165, 1.54) is 10.8 Å². The summed E-state index contributed by atoms with van der Waals surface area (Å²) in [7, 11) is 7.17. The molecule has 17 unspecified atom stereocenters. The lowest BCUT2D eigenvalue weighted by Gasteiger charge is -2.67. The molecule has 5 aliphatic carbocycles. The average molecular weight is 1060 g/mol. The first kappa shape index (κ1) is 51.7. The van der Waals surface area contributed by atoms with Gasteiger partial charge < -0.3 is 64.4 Å². The first-order valence-electron chi connectivity index (χ1n) is 26.6. The molecule has 18 heteroatoms. The summed E-state index contributed by atoms with van der Waals surface area (Å²) in [5.74, 6) is -0.336. The van der Waals surface area contributed by atoms with Crippen LogP contribution in [0.2, 0.25) is 0 Å². The lowest BCUT2D eigenvalue weighted by atomic mass is 9.50. The normalized spacial score (nSPS) is 45.3. The molecular weight excluding hydrogens is 987 g/mol. The standard InChI is InChI=1S/C53H75NO13S4/c1-3-63-40(58)13-9-31-22-32-14-20-64-42(32)44-43(31)66-47-53(62)41-33(7-10-37(56)36(41)25-55)23-51(61,46(53)60)52(67-47)29-70-71-50-24-35(49(28-50)18-17-48(45(49)59)15-4-5-16-48)27-69-68-26-34(8-12-39(52)57)30(2)6-11-38(50)54-19-21-65-44/h7,10,14,20,22,30,33-39,41,45-47,54-57,59-62H,3-6,8-9,11-13,15-19,21,23-29H2,1-2H3. The number of hydrogen-bond acceptors (Lipinski definition) is 18. The molecule has 5 heterocycles. The predicted octanol–water partition coefficient (Wildman–Crippen LogP) is 6.57. The van der Waals surface area contributed by atoms with Crippen molar-refractivity contribution >= 4 is 60.1 Å². The third-order valence-electron chi connectivity index (χ3n) is 19.8. The van der Waals surface area contributed by atoms with Gasteiger partial charge in [-0.3, -0.25) is 4.79 Å². The van der Waals surface area contributed by atoms with Gasteiger partial charge in [-0.25, -0.2) is 0 Å². The van der Waals surface area contributed by atoms with Crippen LogP contribution < -0.4 is 14.8 Å². The lowest BCUT2D eigenvalue weighted by molar-refractivity contribution is -0.424. The third kappa shape index (κ3) is 8.29. The summed E-state index contributed by atoms with van der Waals surface area (Å²) in [5.41, 5.74) is -6.18. The Bertz CT molecular complexity index is 2300. The van der Waals surface area contributed by atoms with Gasteiger partial charge in [0.05, 0.1) is 31.2 Å². The molecule has 7 fully saturated rings. The summed E-state index contributed by atoms with van der Waals surface area (Å²) < 4.78 is 32.4. The fourth-order valence-electron chi connectivity index (χ4n) is 16.0. The van der Waals surface area contributed by atoms with E-state index in [-0.39, 0.29) is 90.8 Å². The maximum absolute atomic E-state index is 13.7. The zero-order valence-electron chi connectivity index (χ0n) is 41.1. The van der Waals surface area contributed by atoms with E-state index >= 15 is 0 Å². The Morgan fingerprint density at radius 2 is 1.76 bits per heavy atom. The second-order valence-corrected chi connectivity index (χ2v) is 28.4. The highest BCUT2D eigenvalue weighted by Gasteiger charge is 2.78. The van der Waals surface area contributed by atoms with Crippen molar-refractivity contribution < 1.29 is 63.9 Å². The number of allylic oxidation sites excluding steroid dienone is 1. The molecule has 1 aromatic heterocycles. The number of aryl methyl sites for hydroxylation is 1. The minimum atomic E-state index is -2.49. The molecule has 4 spiro atoms. The smallest absolute Gasteiger partial charge is 0.306 e. The first-order chi connectivity index (χ1) is 34.2. The molecule has 1 aromatic carbocycles. The molecule has 3 saturated heterocycles. The van der Waals surface area contributed by atoms with Crippen LogP contribution in [0, 0.1) is 46.3 Å². The number of nitrogens with one attached hydrogen (secondary N) is 1. The van der Waals surface area contributed by atoms with Crippen LogP contribution in [0.3, 0.4) is 0 Å². The molecule has 11 rings (SSSR count). The Morgan fingerprint density at radius 1 is 0.944 bits per heavy atom. The molecular formula is C53H75NO13S4. The number of benzene rings is 1. The van der Waals surface area contributed by atoms with Crippen LogP contribution >= 0.6 is 43.2 Å². The van der Waals surface area contributed by atoms with Crippen molar-refractivity contribution in [2.75, 3.05) is 43.6 Å². The molecule has 71 heavy (non-hydrogen) atoms. The number of carbonyl (C=O) groups excluding carboxylic acids is 1. The summed E-state index contributed by atoms with van der Waals surface area (Å²) in [5, 5.41) is 93.9. The van der Waals surface area contributed by atoms with Gasteiger partial charge in [0.2, 0.25) is 12.0 Å². The van der Waals surface area contributed by atoms with Crippen LogP contribution in [0.4, 0.5) is 0 Å². The Hall–Kier alpha value is -1.39. The highest BCUT2D eigenvalue weighted by atomic mass is 33.1. The van der Waals surface area contributed by atoms with E-state index in [9.17, 15) is 40.5 Å². The number of aliphatic hydroxyl groups excluding tert-OH is 5. The fraction of sp³-hybridized carbons (Fsp3) is 0.792. The van der Waals surface area contributed by atoms with E-state index in [4.69, 9.17) is 23.4 Å². The van der Waals surface area contributed by atoms with Crippen molar-refractivity contribution in [3.8, 4) is 11.5 Å². The van der Waals surface area contributed by atoms with Gasteiger partial charge in [-0.1, -0.05) is 75.1 Å². The average Bonchev–Trinajstić information content (AvgIpc) is 4.15. The number of furan rings is 1. The van der Waals surface area contributed by atoms with Gasteiger partial charge in [0.15, 0.2) is 16.9 Å². The maximum Gasteiger partial charge on any atom is 0.306 e. The van der Waals surface area contributed by atoms with Gasteiger partial charge in [0, 0.05) is 70.3 Å². The highest BCUT2D eigenvalue weighted by Crippen LogP contribution is 2.71. The van der Waals surface area contributed by atoms with Crippen LogP contribution in [-0.4, -0.2) is 144 Å². The van der Waals surface area contributed by atoms with E-state index < -0.39 is 82.6 Å². The number of carbonyl (C=O) groups is 1. The number of ether oxygens (including phenoxy) is 4. The van der Waals surface area contributed by atoms with Crippen molar-refractivity contribution in [1.82, 2.24) is 5.32 Å². The van der Waals surface area contributed by atoms with Crippen molar-refractivity contribution in [3.63, 3.8) is 0 Å².